The topological polar surface area (TPSA) is 25.8 Å². The molecule has 0 atom stereocenters. The van der Waals surface area contributed by atoms with Gasteiger partial charge in [0.25, 0.3) is 0 Å². The van der Waals surface area contributed by atoms with Gasteiger partial charge < -0.3 is 0 Å². The van der Waals surface area contributed by atoms with Crippen molar-refractivity contribution in [3.8, 4) is 0 Å². The Morgan fingerprint density at radius 1 is 1.38 bits per heavy atom. The average molecular weight is 192 g/mol. The molecule has 0 N–H and O–H groups in total. The van der Waals surface area contributed by atoms with E-state index in [1.165, 1.54) is 10.3 Å². The molecule has 0 amide bonds. The first-order chi connectivity index (χ1) is 6.16. The molecule has 13 heavy (non-hydrogen) atoms. The fourth-order valence-electron chi connectivity index (χ4n) is 1.26. The summed E-state index contributed by atoms with van der Waals surface area (Å²) < 4.78 is 1.20. The number of aromatic nitrogens is 2. The van der Waals surface area contributed by atoms with Crippen molar-refractivity contribution in [1.82, 2.24) is 9.97 Å². The van der Waals surface area contributed by atoms with Gasteiger partial charge in [-0.2, -0.15) is 0 Å². The van der Waals surface area contributed by atoms with Crippen molar-refractivity contribution in [3.05, 3.63) is 22.8 Å². The SMILES string of the molecule is Cc1nc2ncc(C(C)C)cc2s1. The van der Waals surface area contributed by atoms with Crippen LogP contribution in [0.2, 0.25) is 0 Å². The standard InChI is InChI=1S/C10H12N2S/c1-6(2)8-4-9-10(11-5-8)12-7(3)13-9/h4-6H,1-3H3. The zero-order valence-electron chi connectivity index (χ0n) is 8.03. The van der Waals surface area contributed by atoms with Gasteiger partial charge in [-0.15, -0.1) is 11.3 Å². The van der Waals surface area contributed by atoms with Crippen LogP contribution in [0.15, 0.2) is 12.3 Å². The molecule has 0 aromatic carbocycles. The normalized spacial score (nSPS) is 11.4. The number of pyridine rings is 1. The number of nitrogens with zero attached hydrogens (tertiary/aromatic N) is 2. The summed E-state index contributed by atoms with van der Waals surface area (Å²) in [4.78, 5) is 8.64. The number of aryl methyl sites for hydroxylation is 1. The number of hydrogen-bond acceptors (Lipinski definition) is 3. The Labute approximate surface area is 81.7 Å². The van der Waals surface area contributed by atoms with Crippen LogP contribution in [-0.4, -0.2) is 9.97 Å². The van der Waals surface area contributed by atoms with Gasteiger partial charge in [0.05, 0.1) is 9.71 Å². The maximum atomic E-state index is 4.32. The lowest BCUT2D eigenvalue weighted by Gasteiger charge is -2.02. The summed E-state index contributed by atoms with van der Waals surface area (Å²) in [7, 11) is 0. The van der Waals surface area contributed by atoms with Crippen LogP contribution in [0.4, 0.5) is 0 Å². The minimum atomic E-state index is 0.541. The van der Waals surface area contributed by atoms with Crippen LogP contribution in [0.25, 0.3) is 10.3 Å². The van der Waals surface area contributed by atoms with Crippen LogP contribution in [0, 0.1) is 6.92 Å². The second kappa shape index (κ2) is 3.07. The van der Waals surface area contributed by atoms with Crippen LogP contribution in [-0.2, 0) is 0 Å². The molecule has 0 fully saturated rings. The number of fused-ring (bicyclic) bond motifs is 1. The van der Waals surface area contributed by atoms with Crippen molar-refractivity contribution in [3.63, 3.8) is 0 Å². The summed E-state index contributed by atoms with van der Waals surface area (Å²) in [6.45, 7) is 6.37. The molecule has 2 aromatic heterocycles. The van der Waals surface area contributed by atoms with Gasteiger partial charge in [0, 0.05) is 6.20 Å². The lowest BCUT2D eigenvalue weighted by molar-refractivity contribution is 0.862. The van der Waals surface area contributed by atoms with Crippen LogP contribution in [0.5, 0.6) is 0 Å². The maximum absolute atomic E-state index is 4.32. The Bertz CT molecular complexity index is 431. The van der Waals surface area contributed by atoms with Gasteiger partial charge in [-0.05, 0) is 24.5 Å². The molecule has 0 saturated carbocycles. The fraction of sp³-hybridized carbons (Fsp3) is 0.400. The van der Waals surface area contributed by atoms with Gasteiger partial charge in [-0.1, -0.05) is 13.8 Å². The summed E-state index contributed by atoms with van der Waals surface area (Å²) in [6, 6.07) is 2.19. The highest BCUT2D eigenvalue weighted by Gasteiger charge is 2.04. The van der Waals surface area contributed by atoms with Gasteiger partial charge in [0.2, 0.25) is 0 Å². The molecular weight excluding hydrogens is 180 g/mol. The van der Waals surface area contributed by atoms with E-state index >= 15 is 0 Å². The molecule has 3 heteroatoms. The Morgan fingerprint density at radius 3 is 2.85 bits per heavy atom. The molecule has 2 aromatic rings. The lowest BCUT2D eigenvalue weighted by atomic mass is 10.1. The first kappa shape index (κ1) is 8.63. The van der Waals surface area contributed by atoms with Gasteiger partial charge in [-0.25, -0.2) is 9.97 Å². The van der Waals surface area contributed by atoms with E-state index < -0.39 is 0 Å². The molecule has 0 spiro atoms. The third kappa shape index (κ3) is 1.56. The molecule has 0 radical (unpaired) electrons. The molecule has 2 heterocycles. The van der Waals surface area contributed by atoms with Crippen LogP contribution >= 0.6 is 11.3 Å². The minimum absolute atomic E-state index is 0.541. The highest BCUT2D eigenvalue weighted by molar-refractivity contribution is 7.18. The second-order valence-electron chi connectivity index (χ2n) is 3.48. The predicted molar refractivity (Wildman–Crippen MR) is 56.2 cm³/mol. The summed E-state index contributed by atoms with van der Waals surface area (Å²) >= 11 is 1.71. The Balaban J connectivity index is 2.61. The second-order valence-corrected chi connectivity index (χ2v) is 4.71. The van der Waals surface area contributed by atoms with Crippen LogP contribution in [0.1, 0.15) is 30.3 Å². The Kier molecular flexibility index (Phi) is 2.04. The predicted octanol–water partition coefficient (Wildman–Crippen LogP) is 3.12. The van der Waals surface area contributed by atoms with E-state index in [1.54, 1.807) is 11.3 Å². The van der Waals surface area contributed by atoms with E-state index in [0.29, 0.717) is 5.92 Å². The smallest absolute Gasteiger partial charge is 0.170 e. The summed E-state index contributed by atoms with van der Waals surface area (Å²) in [5, 5.41) is 1.09. The molecule has 2 nitrogen and oxygen atoms in total. The molecule has 0 aliphatic rings. The molecule has 2 rings (SSSR count). The largest absolute Gasteiger partial charge is 0.236 e. The number of thiazole rings is 1. The van der Waals surface area contributed by atoms with E-state index in [0.717, 1.165) is 10.7 Å². The van der Waals surface area contributed by atoms with E-state index in [9.17, 15) is 0 Å². The van der Waals surface area contributed by atoms with Gasteiger partial charge >= 0.3 is 0 Å². The average Bonchev–Trinajstić information content (AvgIpc) is 2.42. The third-order valence-electron chi connectivity index (χ3n) is 2.04. The van der Waals surface area contributed by atoms with Crippen LogP contribution < -0.4 is 0 Å². The van der Waals surface area contributed by atoms with Crippen molar-refractivity contribution < 1.29 is 0 Å². The molecule has 68 valence electrons. The van der Waals surface area contributed by atoms with Crippen molar-refractivity contribution in [2.45, 2.75) is 26.7 Å². The Hall–Kier alpha value is -0.960. The summed E-state index contributed by atoms with van der Waals surface area (Å²) in [5.41, 5.74) is 2.17. The summed E-state index contributed by atoms with van der Waals surface area (Å²) in [6.07, 6.45) is 1.92. The quantitative estimate of drug-likeness (QED) is 0.693. The maximum Gasteiger partial charge on any atom is 0.170 e. The highest BCUT2D eigenvalue weighted by Crippen LogP contribution is 2.23. The first-order valence-corrected chi connectivity index (χ1v) is 5.21. The molecule has 0 unspecified atom stereocenters. The molecular formula is C10H12N2S. The highest BCUT2D eigenvalue weighted by atomic mass is 32.1. The number of hydrogen-bond donors (Lipinski definition) is 0. The van der Waals surface area contributed by atoms with Gasteiger partial charge in [0.1, 0.15) is 0 Å². The van der Waals surface area contributed by atoms with E-state index in [1.807, 2.05) is 13.1 Å². The van der Waals surface area contributed by atoms with Gasteiger partial charge in [0.15, 0.2) is 5.65 Å². The van der Waals surface area contributed by atoms with Gasteiger partial charge in [-0.3, -0.25) is 0 Å². The minimum Gasteiger partial charge on any atom is -0.236 e. The van der Waals surface area contributed by atoms with Crippen LogP contribution in [0.3, 0.4) is 0 Å². The lowest BCUT2D eigenvalue weighted by Crippen LogP contribution is -1.88. The molecule has 0 aliphatic heterocycles. The van der Waals surface area contributed by atoms with E-state index in [-0.39, 0.29) is 0 Å². The number of rotatable bonds is 1. The zero-order valence-corrected chi connectivity index (χ0v) is 8.85. The molecule has 0 bridgehead atoms. The van der Waals surface area contributed by atoms with E-state index in [2.05, 4.69) is 29.9 Å². The zero-order chi connectivity index (χ0) is 9.42. The van der Waals surface area contributed by atoms with Crippen molar-refractivity contribution in [1.29, 1.82) is 0 Å². The molecule has 0 aliphatic carbocycles. The van der Waals surface area contributed by atoms with Crippen molar-refractivity contribution >= 4 is 21.7 Å². The van der Waals surface area contributed by atoms with Crippen molar-refractivity contribution in [2.24, 2.45) is 0 Å². The van der Waals surface area contributed by atoms with Crippen molar-refractivity contribution in [2.75, 3.05) is 0 Å². The Morgan fingerprint density at radius 2 is 2.15 bits per heavy atom. The monoisotopic (exact) mass is 192 g/mol. The summed E-state index contributed by atoms with van der Waals surface area (Å²) in [5.74, 6) is 0.541. The third-order valence-corrected chi connectivity index (χ3v) is 2.95. The van der Waals surface area contributed by atoms with E-state index in [4.69, 9.17) is 0 Å². The first-order valence-electron chi connectivity index (χ1n) is 4.40. The molecule has 0 saturated heterocycles. The fourth-order valence-corrected chi connectivity index (χ4v) is 2.09.